The molecule has 0 bridgehead atoms. The maximum atomic E-state index is 11.8. The van der Waals surface area contributed by atoms with E-state index in [9.17, 15) is 4.79 Å². The first-order valence-corrected chi connectivity index (χ1v) is 7.15. The summed E-state index contributed by atoms with van der Waals surface area (Å²) >= 11 is 0. The molecular weight excluding hydrogens is 242 g/mol. The van der Waals surface area contributed by atoms with Crippen molar-refractivity contribution >= 4 is 5.91 Å². The lowest BCUT2D eigenvalue weighted by Gasteiger charge is -2.16. The van der Waals surface area contributed by atoms with Crippen molar-refractivity contribution in [1.82, 2.24) is 15.6 Å². The van der Waals surface area contributed by atoms with E-state index in [4.69, 9.17) is 4.42 Å². The molecule has 2 rings (SSSR count). The van der Waals surface area contributed by atoms with Crippen LogP contribution >= 0.6 is 0 Å². The largest absolute Gasteiger partial charge is 0.445 e. The first-order valence-electron chi connectivity index (χ1n) is 7.15. The van der Waals surface area contributed by atoms with E-state index in [0.29, 0.717) is 25.0 Å². The van der Waals surface area contributed by atoms with E-state index < -0.39 is 0 Å². The van der Waals surface area contributed by atoms with Crippen LogP contribution in [-0.2, 0) is 11.3 Å². The van der Waals surface area contributed by atoms with Gasteiger partial charge in [-0.1, -0.05) is 25.7 Å². The number of carbonyl (C=O) groups excluding carboxylic acids is 1. The summed E-state index contributed by atoms with van der Waals surface area (Å²) in [5, 5.41) is 6.15. The minimum atomic E-state index is 0.0650. The van der Waals surface area contributed by atoms with Crippen LogP contribution in [0.15, 0.2) is 10.6 Å². The van der Waals surface area contributed by atoms with E-state index in [1.165, 1.54) is 25.7 Å². The molecule has 0 aliphatic heterocycles. The first kappa shape index (κ1) is 14.1. The van der Waals surface area contributed by atoms with Crippen molar-refractivity contribution in [3.63, 3.8) is 0 Å². The number of aryl methyl sites for hydroxylation is 1. The van der Waals surface area contributed by atoms with Crippen LogP contribution in [0.5, 0.6) is 0 Å². The van der Waals surface area contributed by atoms with Crippen molar-refractivity contribution in [2.24, 2.45) is 0 Å². The number of aromatic nitrogens is 1. The molecule has 0 aromatic carbocycles. The van der Waals surface area contributed by atoms with E-state index in [1.807, 2.05) is 6.92 Å². The van der Waals surface area contributed by atoms with Crippen LogP contribution in [0, 0.1) is 6.92 Å². The van der Waals surface area contributed by atoms with E-state index in [2.05, 4.69) is 15.6 Å². The van der Waals surface area contributed by atoms with Crippen LogP contribution in [-0.4, -0.2) is 23.5 Å². The van der Waals surface area contributed by atoms with E-state index in [-0.39, 0.29) is 5.91 Å². The zero-order valence-corrected chi connectivity index (χ0v) is 11.6. The first-order chi connectivity index (χ1) is 9.24. The molecule has 0 saturated heterocycles. The van der Waals surface area contributed by atoms with Crippen LogP contribution in [0.4, 0.5) is 0 Å². The lowest BCUT2D eigenvalue weighted by molar-refractivity contribution is -0.121. The van der Waals surface area contributed by atoms with Crippen molar-refractivity contribution in [2.45, 2.75) is 58.0 Å². The number of oxazole rings is 1. The Morgan fingerprint density at radius 1 is 1.37 bits per heavy atom. The summed E-state index contributed by atoms with van der Waals surface area (Å²) < 4.78 is 5.33. The summed E-state index contributed by atoms with van der Waals surface area (Å²) in [6.07, 6.45) is 8.97. The Labute approximate surface area is 114 Å². The molecule has 0 atom stereocenters. The smallest absolute Gasteiger partial charge is 0.234 e. The molecule has 1 aliphatic carbocycles. The van der Waals surface area contributed by atoms with Gasteiger partial charge in [-0.25, -0.2) is 4.98 Å². The molecule has 1 aliphatic rings. The number of carbonyl (C=O) groups is 1. The van der Waals surface area contributed by atoms with Gasteiger partial charge in [0.05, 0.1) is 19.3 Å². The van der Waals surface area contributed by atoms with Crippen LogP contribution < -0.4 is 10.6 Å². The number of amides is 1. The summed E-state index contributed by atoms with van der Waals surface area (Å²) in [5.41, 5.74) is 0. The second-order valence-electron chi connectivity index (χ2n) is 5.22. The molecule has 0 unspecified atom stereocenters. The fourth-order valence-corrected chi connectivity index (χ4v) is 2.47. The molecule has 2 N–H and O–H groups in total. The topological polar surface area (TPSA) is 67.2 Å². The third-order valence-electron chi connectivity index (χ3n) is 3.45. The van der Waals surface area contributed by atoms with Crippen molar-refractivity contribution in [1.29, 1.82) is 0 Å². The third-order valence-corrected chi connectivity index (χ3v) is 3.45. The second-order valence-corrected chi connectivity index (χ2v) is 5.22. The highest BCUT2D eigenvalue weighted by molar-refractivity contribution is 5.78. The zero-order chi connectivity index (χ0) is 13.5. The van der Waals surface area contributed by atoms with Gasteiger partial charge in [-0.05, 0) is 19.8 Å². The Hall–Kier alpha value is -1.36. The van der Waals surface area contributed by atoms with Crippen LogP contribution in [0.1, 0.15) is 50.2 Å². The fraction of sp³-hybridized carbons (Fsp3) is 0.714. The molecule has 106 valence electrons. The Balaban J connectivity index is 1.63. The summed E-state index contributed by atoms with van der Waals surface area (Å²) in [4.78, 5) is 15.9. The third kappa shape index (κ3) is 5.03. The van der Waals surface area contributed by atoms with Gasteiger partial charge in [0.1, 0.15) is 5.76 Å². The Bertz CT molecular complexity index is 395. The Morgan fingerprint density at radius 3 is 2.74 bits per heavy atom. The Morgan fingerprint density at radius 2 is 2.11 bits per heavy atom. The molecule has 0 spiro atoms. The van der Waals surface area contributed by atoms with Crippen LogP contribution in [0.25, 0.3) is 0 Å². The van der Waals surface area contributed by atoms with Crippen molar-refractivity contribution in [3.8, 4) is 0 Å². The molecule has 5 heteroatoms. The van der Waals surface area contributed by atoms with Gasteiger partial charge in [0.15, 0.2) is 0 Å². The summed E-state index contributed by atoms with van der Waals surface area (Å²) in [5.74, 6) is 1.48. The van der Waals surface area contributed by atoms with Gasteiger partial charge in [0.25, 0.3) is 0 Å². The molecule has 1 fully saturated rings. The van der Waals surface area contributed by atoms with Crippen molar-refractivity contribution < 1.29 is 9.21 Å². The normalized spacial score (nSPS) is 17.1. The SMILES string of the molecule is Cc1cnc(CNCC(=O)NC2CCCCCC2)o1. The molecule has 19 heavy (non-hydrogen) atoms. The van der Waals surface area contributed by atoms with Crippen LogP contribution in [0.3, 0.4) is 0 Å². The minimum absolute atomic E-state index is 0.0650. The highest BCUT2D eigenvalue weighted by atomic mass is 16.4. The van der Waals surface area contributed by atoms with Gasteiger partial charge in [-0.15, -0.1) is 0 Å². The molecule has 1 aromatic heterocycles. The van der Waals surface area contributed by atoms with Crippen molar-refractivity contribution in [2.75, 3.05) is 6.54 Å². The maximum absolute atomic E-state index is 11.8. The molecule has 1 aromatic rings. The lowest BCUT2D eigenvalue weighted by atomic mass is 10.1. The van der Waals surface area contributed by atoms with Gasteiger partial charge in [0.2, 0.25) is 11.8 Å². The Kier molecular flexibility index (Phi) is 5.39. The highest BCUT2D eigenvalue weighted by Crippen LogP contribution is 2.16. The van der Waals surface area contributed by atoms with E-state index >= 15 is 0 Å². The number of hydrogen-bond donors (Lipinski definition) is 2. The summed E-state index contributed by atoms with van der Waals surface area (Å²) in [6.45, 7) is 2.67. The monoisotopic (exact) mass is 265 g/mol. The number of hydrogen-bond acceptors (Lipinski definition) is 4. The summed E-state index contributed by atoms with van der Waals surface area (Å²) in [6, 6.07) is 0.362. The molecular formula is C14H23N3O2. The molecule has 1 heterocycles. The van der Waals surface area contributed by atoms with Crippen LogP contribution in [0.2, 0.25) is 0 Å². The maximum Gasteiger partial charge on any atom is 0.234 e. The number of nitrogens with zero attached hydrogens (tertiary/aromatic N) is 1. The quantitative estimate of drug-likeness (QED) is 0.798. The summed E-state index contributed by atoms with van der Waals surface area (Å²) in [7, 11) is 0. The predicted molar refractivity (Wildman–Crippen MR) is 72.6 cm³/mol. The zero-order valence-electron chi connectivity index (χ0n) is 11.6. The lowest BCUT2D eigenvalue weighted by Crippen LogP contribution is -2.40. The van der Waals surface area contributed by atoms with Crippen molar-refractivity contribution in [3.05, 3.63) is 17.8 Å². The standard InChI is InChI=1S/C14H23N3O2/c1-11-8-16-14(19-11)10-15-9-13(18)17-12-6-4-2-3-5-7-12/h8,12,15H,2-7,9-10H2,1H3,(H,17,18). The average molecular weight is 265 g/mol. The van der Waals surface area contributed by atoms with Gasteiger partial charge in [-0.2, -0.15) is 0 Å². The number of nitrogens with one attached hydrogen (secondary N) is 2. The number of rotatable bonds is 5. The van der Waals surface area contributed by atoms with E-state index in [0.717, 1.165) is 18.6 Å². The molecule has 0 radical (unpaired) electrons. The highest BCUT2D eigenvalue weighted by Gasteiger charge is 2.14. The molecule has 1 amide bonds. The minimum Gasteiger partial charge on any atom is -0.445 e. The average Bonchev–Trinajstić information content (AvgIpc) is 2.63. The van der Waals surface area contributed by atoms with E-state index in [1.54, 1.807) is 6.20 Å². The molecule has 1 saturated carbocycles. The predicted octanol–water partition coefficient (Wildman–Crippen LogP) is 1.91. The van der Waals surface area contributed by atoms with Gasteiger partial charge in [0, 0.05) is 6.04 Å². The van der Waals surface area contributed by atoms with Gasteiger partial charge < -0.3 is 9.73 Å². The fourth-order valence-electron chi connectivity index (χ4n) is 2.47. The van der Waals surface area contributed by atoms with Gasteiger partial charge >= 0.3 is 0 Å². The molecule has 5 nitrogen and oxygen atoms in total. The second kappa shape index (κ2) is 7.28. The van der Waals surface area contributed by atoms with Gasteiger partial charge in [-0.3, -0.25) is 10.1 Å².